The number of rotatable bonds is 6. The SMILES string of the molecule is CCCCN=C(N)Nc1nc(-c2cccc(CN)n2)co1.Cl.Cl.Cl. The number of nitrogens with two attached hydrogens (primary N) is 2. The van der Waals surface area contributed by atoms with Crippen molar-refractivity contribution in [3.05, 3.63) is 30.2 Å². The van der Waals surface area contributed by atoms with Crippen molar-refractivity contribution in [2.24, 2.45) is 16.5 Å². The number of hydrogen-bond acceptors (Lipinski definition) is 5. The largest absolute Gasteiger partial charge is 0.431 e. The van der Waals surface area contributed by atoms with E-state index in [1.165, 1.54) is 6.26 Å². The molecule has 0 aliphatic rings. The molecule has 10 heteroatoms. The molecule has 2 rings (SSSR count). The number of guanidine groups is 1. The second-order valence-electron chi connectivity index (χ2n) is 4.50. The topological polar surface area (TPSA) is 115 Å². The van der Waals surface area contributed by atoms with E-state index >= 15 is 0 Å². The standard InChI is InChI=1S/C14H20N6O.3ClH/c1-2-3-7-17-13(16)20-14-19-12(9-21-14)11-6-4-5-10(8-15)18-11;;;/h4-6,9H,2-3,7-8,15H2,1H3,(H3,16,17,19,20);3*1H. The Morgan fingerprint density at radius 2 is 1.96 bits per heavy atom. The molecule has 2 heterocycles. The predicted octanol–water partition coefficient (Wildman–Crippen LogP) is 2.99. The highest BCUT2D eigenvalue weighted by atomic mass is 35.5. The number of halogens is 3. The summed E-state index contributed by atoms with van der Waals surface area (Å²) < 4.78 is 5.32. The first kappa shape index (κ1) is 24.7. The first-order valence-electron chi connectivity index (χ1n) is 6.91. The maximum absolute atomic E-state index is 5.75. The van der Waals surface area contributed by atoms with E-state index in [1.54, 1.807) is 0 Å². The van der Waals surface area contributed by atoms with Crippen molar-refractivity contribution in [2.75, 3.05) is 11.9 Å². The van der Waals surface area contributed by atoms with Gasteiger partial charge in [-0.15, -0.1) is 37.2 Å². The summed E-state index contributed by atoms with van der Waals surface area (Å²) in [5.41, 5.74) is 13.4. The highest BCUT2D eigenvalue weighted by molar-refractivity contribution is 5.90. The Labute approximate surface area is 159 Å². The van der Waals surface area contributed by atoms with Crippen LogP contribution >= 0.6 is 37.2 Å². The summed E-state index contributed by atoms with van der Waals surface area (Å²) in [6.07, 6.45) is 3.59. The molecule has 0 amide bonds. The van der Waals surface area contributed by atoms with Gasteiger partial charge in [-0.3, -0.25) is 10.3 Å². The summed E-state index contributed by atoms with van der Waals surface area (Å²) >= 11 is 0. The van der Waals surface area contributed by atoms with Crippen LogP contribution in [0.15, 0.2) is 33.9 Å². The van der Waals surface area contributed by atoms with Gasteiger partial charge in [0.15, 0.2) is 5.96 Å². The molecule has 2 aromatic rings. The van der Waals surface area contributed by atoms with Crippen molar-refractivity contribution >= 4 is 49.2 Å². The van der Waals surface area contributed by atoms with Gasteiger partial charge in [0.25, 0.3) is 0 Å². The van der Waals surface area contributed by atoms with Crippen LogP contribution in [0.2, 0.25) is 0 Å². The van der Waals surface area contributed by atoms with Crippen LogP contribution in [-0.2, 0) is 6.54 Å². The van der Waals surface area contributed by atoms with Gasteiger partial charge in [0.2, 0.25) is 0 Å². The number of anilines is 1. The van der Waals surface area contributed by atoms with Crippen LogP contribution in [0.25, 0.3) is 11.4 Å². The minimum Gasteiger partial charge on any atom is -0.431 e. The Morgan fingerprint density at radius 3 is 2.62 bits per heavy atom. The quantitative estimate of drug-likeness (QED) is 0.392. The summed E-state index contributed by atoms with van der Waals surface area (Å²) in [4.78, 5) is 12.8. The summed E-state index contributed by atoms with van der Waals surface area (Å²) in [5, 5.41) is 2.82. The first-order chi connectivity index (χ1) is 10.2. The van der Waals surface area contributed by atoms with Crippen LogP contribution in [0, 0.1) is 0 Å². The van der Waals surface area contributed by atoms with Crippen LogP contribution in [0.4, 0.5) is 6.01 Å². The van der Waals surface area contributed by atoms with Gasteiger partial charge >= 0.3 is 6.01 Å². The van der Waals surface area contributed by atoms with Crippen LogP contribution in [-0.4, -0.2) is 22.5 Å². The van der Waals surface area contributed by atoms with Gasteiger partial charge in [-0.05, 0) is 18.6 Å². The number of pyridine rings is 1. The monoisotopic (exact) mass is 396 g/mol. The molecule has 0 atom stereocenters. The van der Waals surface area contributed by atoms with E-state index in [4.69, 9.17) is 15.9 Å². The third-order valence-corrected chi connectivity index (χ3v) is 2.81. The van der Waals surface area contributed by atoms with E-state index in [0.717, 1.165) is 18.5 Å². The van der Waals surface area contributed by atoms with Gasteiger partial charge < -0.3 is 15.9 Å². The summed E-state index contributed by atoms with van der Waals surface area (Å²) in [6.45, 7) is 3.17. The van der Waals surface area contributed by atoms with Crippen molar-refractivity contribution in [3.63, 3.8) is 0 Å². The van der Waals surface area contributed by atoms with E-state index in [0.29, 0.717) is 36.5 Å². The van der Waals surface area contributed by atoms with Gasteiger partial charge in [0.05, 0.1) is 11.4 Å². The van der Waals surface area contributed by atoms with Crippen molar-refractivity contribution < 1.29 is 4.42 Å². The van der Waals surface area contributed by atoms with Crippen LogP contribution in [0.5, 0.6) is 0 Å². The molecule has 5 N–H and O–H groups in total. The van der Waals surface area contributed by atoms with Crippen molar-refractivity contribution in [1.82, 2.24) is 9.97 Å². The molecule has 7 nitrogen and oxygen atoms in total. The fraction of sp³-hybridized carbons (Fsp3) is 0.357. The molecule has 0 aliphatic carbocycles. The van der Waals surface area contributed by atoms with Gasteiger partial charge in [0.1, 0.15) is 12.0 Å². The summed E-state index contributed by atoms with van der Waals surface area (Å²) in [7, 11) is 0. The van der Waals surface area contributed by atoms with Crippen molar-refractivity contribution in [3.8, 4) is 11.4 Å². The van der Waals surface area contributed by atoms with E-state index < -0.39 is 0 Å². The molecule has 0 aliphatic heterocycles. The Kier molecular flexibility index (Phi) is 13.2. The Morgan fingerprint density at radius 1 is 1.21 bits per heavy atom. The predicted molar refractivity (Wildman–Crippen MR) is 104 cm³/mol. The highest BCUT2D eigenvalue weighted by Gasteiger charge is 2.08. The Balaban J connectivity index is 0. The number of unbranched alkanes of at least 4 members (excludes halogenated alkanes) is 1. The smallest absolute Gasteiger partial charge is 0.302 e. The molecular formula is C14H23Cl3N6O. The van der Waals surface area contributed by atoms with E-state index in [9.17, 15) is 0 Å². The van der Waals surface area contributed by atoms with Gasteiger partial charge in [-0.2, -0.15) is 4.98 Å². The Bertz CT molecular complexity index is 620. The molecule has 0 bridgehead atoms. The molecule has 0 fully saturated rings. The number of nitrogens with one attached hydrogen (secondary N) is 1. The zero-order valence-electron chi connectivity index (χ0n) is 13.3. The van der Waals surface area contributed by atoms with E-state index in [1.807, 2.05) is 18.2 Å². The normalized spacial score (nSPS) is 10.2. The molecule has 0 spiro atoms. The first-order valence-corrected chi connectivity index (χ1v) is 6.91. The average molecular weight is 398 g/mol. The molecular weight excluding hydrogens is 375 g/mol. The van der Waals surface area contributed by atoms with Crippen molar-refractivity contribution in [2.45, 2.75) is 26.3 Å². The van der Waals surface area contributed by atoms with Gasteiger partial charge in [-0.25, -0.2) is 4.98 Å². The number of hydrogen-bond donors (Lipinski definition) is 3. The number of oxazole rings is 1. The molecule has 0 saturated carbocycles. The lowest BCUT2D eigenvalue weighted by Gasteiger charge is -2.00. The molecule has 136 valence electrons. The lowest BCUT2D eigenvalue weighted by atomic mass is 10.2. The minimum atomic E-state index is 0. The Hall–Kier alpha value is -1.54. The van der Waals surface area contributed by atoms with E-state index in [2.05, 4.69) is 27.2 Å². The van der Waals surface area contributed by atoms with Crippen LogP contribution in [0.1, 0.15) is 25.5 Å². The number of nitrogens with zero attached hydrogens (tertiary/aromatic N) is 3. The third-order valence-electron chi connectivity index (χ3n) is 2.81. The lowest BCUT2D eigenvalue weighted by Crippen LogP contribution is -2.23. The third kappa shape index (κ3) is 7.35. The molecule has 0 saturated heterocycles. The van der Waals surface area contributed by atoms with Gasteiger partial charge in [0, 0.05) is 13.1 Å². The second kappa shape index (κ2) is 12.8. The summed E-state index contributed by atoms with van der Waals surface area (Å²) in [6, 6.07) is 5.88. The number of aliphatic imine (C=N–C) groups is 1. The van der Waals surface area contributed by atoms with Gasteiger partial charge in [-0.1, -0.05) is 19.4 Å². The van der Waals surface area contributed by atoms with Crippen molar-refractivity contribution in [1.29, 1.82) is 0 Å². The minimum absolute atomic E-state index is 0. The van der Waals surface area contributed by atoms with E-state index in [-0.39, 0.29) is 37.2 Å². The average Bonchev–Trinajstić information content (AvgIpc) is 2.96. The molecule has 24 heavy (non-hydrogen) atoms. The summed E-state index contributed by atoms with van der Waals surface area (Å²) in [5.74, 6) is 0.292. The second-order valence-corrected chi connectivity index (χ2v) is 4.50. The molecule has 2 aromatic heterocycles. The highest BCUT2D eigenvalue weighted by Crippen LogP contribution is 2.18. The maximum Gasteiger partial charge on any atom is 0.302 e. The zero-order valence-corrected chi connectivity index (χ0v) is 15.7. The fourth-order valence-electron chi connectivity index (χ4n) is 1.69. The molecule has 0 aromatic carbocycles. The molecule has 0 radical (unpaired) electrons. The molecule has 0 unspecified atom stereocenters. The maximum atomic E-state index is 5.75. The van der Waals surface area contributed by atoms with Crippen LogP contribution in [0.3, 0.4) is 0 Å². The lowest BCUT2D eigenvalue weighted by molar-refractivity contribution is 0.579. The zero-order chi connectivity index (χ0) is 15.1. The fourth-order valence-corrected chi connectivity index (χ4v) is 1.69. The number of aromatic nitrogens is 2. The van der Waals surface area contributed by atoms with Crippen LogP contribution < -0.4 is 16.8 Å².